The van der Waals surface area contributed by atoms with Crippen LogP contribution in [0.2, 0.25) is 5.15 Å². The summed E-state index contributed by atoms with van der Waals surface area (Å²) in [6.45, 7) is 3.82. The fourth-order valence-corrected chi connectivity index (χ4v) is 0.948. The first-order chi connectivity index (χ1) is 4.61. The maximum atomic E-state index is 10.9. The molecule has 0 fully saturated rings. The average Bonchev–Trinajstić information content (AvgIpc) is 2.10. The summed E-state index contributed by atoms with van der Waals surface area (Å²) in [5, 5.41) is 3.10. The van der Waals surface area contributed by atoms with E-state index in [0.29, 0.717) is 5.15 Å². The van der Waals surface area contributed by atoms with Crippen LogP contribution in [0.4, 0.5) is 0 Å². The topological polar surface area (TPSA) is 37.8 Å². The molecule has 0 spiro atoms. The number of aromatic amines is 1. The highest BCUT2D eigenvalue weighted by Crippen LogP contribution is 2.02. The minimum absolute atomic E-state index is 0.0833. The Morgan fingerprint density at radius 1 is 1.70 bits per heavy atom. The van der Waals surface area contributed by atoms with Crippen molar-refractivity contribution in [1.29, 1.82) is 0 Å². The van der Waals surface area contributed by atoms with Gasteiger partial charge in [0, 0.05) is 12.1 Å². The smallest absolute Gasteiger partial charge is 0.268 e. The normalized spacial score (nSPS) is 10.8. The van der Waals surface area contributed by atoms with Crippen LogP contribution in [0, 0.1) is 0 Å². The van der Waals surface area contributed by atoms with Gasteiger partial charge in [0.1, 0.15) is 5.15 Å². The Hall–Kier alpha value is -0.700. The maximum Gasteiger partial charge on any atom is 0.268 e. The molecule has 0 atom stereocenters. The molecule has 1 rings (SSSR count). The minimum Gasteiger partial charge on any atom is -0.285 e. The molecular formula is C6H9ClN2O. The quantitative estimate of drug-likeness (QED) is 0.663. The van der Waals surface area contributed by atoms with Gasteiger partial charge in [-0.1, -0.05) is 11.6 Å². The molecule has 0 aromatic carbocycles. The van der Waals surface area contributed by atoms with Crippen molar-refractivity contribution in [2.45, 2.75) is 19.9 Å². The van der Waals surface area contributed by atoms with Crippen LogP contribution in [0.5, 0.6) is 0 Å². The lowest BCUT2D eigenvalue weighted by Gasteiger charge is -2.02. The Balaban J connectivity index is 3.16. The summed E-state index contributed by atoms with van der Waals surface area (Å²) in [6, 6.07) is 1.50. The van der Waals surface area contributed by atoms with Crippen molar-refractivity contribution in [3.8, 4) is 0 Å². The van der Waals surface area contributed by atoms with Crippen LogP contribution in [0.1, 0.15) is 19.9 Å². The molecule has 0 aliphatic heterocycles. The van der Waals surface area contributed by atoms with Crippen molar-refractivity contribution < 1.29 is 0 Å². The van der Waals surface area contributed by atoms with Crippen LogP contribution in [0.25, 0.3) is 0 Å². The number of hydrogen-bond donors (Lipinski definition) is 1. The van der Waals surface area contributed by atoms with E-state index in [1.54, 1.807) is 0 Å². The number of halogens is 1. The van der Waals surface area contributed by atoms with Gasteiger partial charge in [0.15, 0.2) is 0 Å². The Morgan fingerprint density at radius 2 is 2.30 bits per heavy atom. The van der Waals surface area contributed by atoms with Gasteiger partial charge < -0.3 is 0 Å². The zero-order valence-electron chi connectivity index (χ0n) is 5.89. The second kappa shape index (κ2) is 2.50. The van der Waals surface area contributed by atoms with Crippen LogP contribution in [0.3, 0.4) is 0 Å². The van der Waals surface area contributed by atoms with E-state index >= 15 is 0 Å². The summed E-state index contributed by atoms with van der Waals surface area (Å²) in [4.78, 5) is 10.9. The van der Waals surface area contributed by atoms with Crippen molar-refractivity contribution in [3.05, 3.63) is 21.6 Å². The predicted molar refractivity (Wildman–Crippen MR) is 40.4 cm³/mol. The molecule has 56 valence electrons. The molecule has 0 saturated heterocycles. The Bertz CT molecular complexity index is 274. The van der Waals surface area contributed by atoms with Gasteiger partial charge in [-0.05, 0) is 13.8 Å². The van der Waals surface area contributed by atoms with E-state index in [1.165, 1.54) is 10.7 Å². The van der Waals surface area contributed by atoms with Gasteiger partial charge in [0.05, 0.1) is 0 Å². The van der Waals surface area contributed by atoms with Gasteiger partial charge in [0.2, 0.25) is 0 Å². The highest BCUT2D eigenvalue weighted by Gasteiger charge is 2.02. The molecule has 1 N–H and O–H groups in total. The summed E-state index contributed by atoms with van der Waals surface area (Å²) < 4.78 is 1.47. The van der Waals surface area contributed by atoms with Gasteiger partial charge in [-0.3, -0.25) is 9.89 Å². The summed E-state index contributed by atoms with van der Waals surface area (Å²) in [5.74, 6) is 0. The van der Waals surface area contributed by atoms with E-state index in [9.17, 15) is 4.79 Å². The zero-order chi connectivity index (χ0) is 7.72. The van der Waals surface area contributed by atoms with Gasteiger partial charge >= 0.3 is 0 Å². The molecule has 4 heteroatoms. The summed E-state index contributed by atoms with van der Waals surface area (Å²) >= 11 is 5.53. The van der Waals surface area contributed by atoms with Crippen molar-refractivity contribution in [1.82, 2.24) is 9.78 Å². The van der Waals surface area contributed by atoms with E-state index in [1.807, 2.05) is 13.8 Å². The highest BCUT2D eigenvalue weighted by molar-refractivity contribution is 6.29. The third-order valence-corrected chi connectivity index (χ3v) is 1.42. The number of rotatable bonds is 1. The van der Waals surface area contributed by atoms with Gasteiger partial charge in [-0.2, -0.15) is 0 Å². The number of aromatic nitrogens is 2. The number of H-pyrrole nitrogens is 1. The molecule has 0 radical (unpaired) electrons. The molecule has 1 aromatic heterocycles. The molecule has 1 aromatic rings. The zero-order valence-corrected chi connectivity index (χ0v) is 6.64. The average molecular weight is 161 g/mol. The lowest BCUT2D eigenvalue weighted by molar-refractivity contribution is 0.517. The number of nitrogens with one attached hydrogen (secondary N) is 1. The largest absolute Gasteiger partial charge is 0.285 e. The predicted octanol–water partition coefficient (Wildman–Crippen LogP) is 1.41. The second-order valence-corrected chi connectivity index (χ2v) is 2.81. The van der Waals surface area contributed by atoms with Crippen LogP contribution in [-0.2, 0) is 0 Å². The van der Waals surface area contributed by atoms with Gasteiger partial charge in [-0.15, -0.1) is 0 Å². The molecule has 1 heterocycles. The van der Waals surface area contributed by atoms with Crippen LogP contribution in [-0.4, -0.2) is 9.78 Å². The number of hydrogen-bond acceptors (Lipinski definition) is 1. The van der Waals surface area contributed by atoms with E-state index in [-0.39, 0.29) is 11.6 Å². The lowest BCUT2D eigenvalue weighted by atomic mass is 10.4. The number of nitrogens with zero attached hydrogens (tertiary/aromatic N) is 1. The summed E-state index contributed by atoms with van der Waals surface area (Å²) in [7, 11) is 0. The first-order valence-electron chi connectivity index (χ1n) is 3.08. The molecule has 3 nitrogen and oxygen atoms in total. The summed E-state index contributed by atoms with van der Waals surface area (Å²) in [5.41, 5.74) is -0.0833. The molecule has 0 aliphatic carbocycles. The Kier molecular flexibility index (Phi) is 1.85. The standard InChI is InChI=1S/C6H9ClN2O/c1-4(2)9-6(10)3-5(7)8-9/h3-4,8H,1-2H3. The first kappa shape index (κ1) is 7.41. The summed E-state index contributed by atoms with van der Waals surface area (Å²) in [6.07, 6.45) is 0. The fourth-order valence-electron chi connectivity index (χ4n) is 0.764. The van der Waals surface area contributed by atoms with E-state index in [0.717, 1.165) is 0 Å². The fraction of sp³-hybridized carbons (Fsp3) is 0.500. The highest BCUT2D eigenvalue weighted by atomic mass is 35.5. The molecule has 0 bridgehead atoms. The molecule has 0 aliphatic rings. The second-order valence-electron chi connectivity index (χ2n) is 2.41. The van der Waals surface area contributed by atoms with Gasteiger partial charge in [-0.25, -0.2) is 4.68 Å². The molecule has 0 saturated carbocycles. The van der Waals surface area contributed by atoms with Gasteiger partial charge in [0.25, 0.3) is 5.56 Å². The van der Waals surface area contributed by atoms with Crippen LogP contribution < -0.4 is 5.56 Å². The lowest BCUT2D eigenvalue weighted by Crippen LogP contribution is -2.17. The van der Waals surface area contributed by atoms with Crippen LogP contribution in [0.15, 0.2) is 10.9 Å². The van der Waals surface area contributed by atoms with E-state index in [4.69, 9.17) is 11.6 Å². The van der Waals surface area contributed by atoms with E-state index in [2.05, 4.69) is 5.10 Å². The van der Waals surface area contributed by atoms with Crippen molar-refractivity contribution >= 4 is 11.6 Å². The minimum atomic E-state index is -0.0833. The molecule has 0 amide bonds. The van der Waals surface area contributed by atoms with Crippen LogP contribution >= 0.6 is 11.6 Å². The monoisotopic (exact) mass is 160 g/mol. The maximum absolute atomic E-state index is 10.9. The van der Waals surface area contributed by atoms with Crippen molar-refractivity contribution in [2.24, 2.45) is 0 Å². The van der Waals surface area contributed by atoms with Crippen molar-refractivity contribution in [2.75, 3.05) is 0 Å². The third kappa shape index (κ3) is 1.24. The molecule has 10 heavy (non-hydrogen) atoms. The first-order valence-corrected chi connectivity index (χ1v) is 3.46. The van der Waals surface area contributed by atoms with E-state index < -0.39 is 0 Å². The third-order valence-electron chi connectivity index (χ3n) is 1.23. The SMILES string of the molecule is CC(C)n1[nH]c(Cl)cc1=O. The Morgan fingerprint density at radius 3 is 2.50 bits per heavy atom. The molecule has 0 unspecified atom stereocenters. The molecular weight excluding hydrogens is 152 g/mol. The van der Waals surface area contributed by atoms with Crippen molar-refractivity contribution in [3.63, 3.8) is 0 Å². The Labute approximate surface area is 63.6 Å².